The summed E-state index contributed by atoms with van der Waals surface area (Å²) in [7, 11) is 0. The van der Waals surface area contributed by atoms with Crippen LogP contribution in [-0.2, 0) is 17.8 Å². The number of halogens is 3. The van der Waals surface area contributed by atoms with Gasteiger partial charge >= 0.3 is 6.18 Å². The molecule has 0 unspecified atom stereocenters. The minimum Gasteiger partial charge on any atom is -0.373 e. The molecule has 2 aromatic heterocycles. The highest BCUT2D eigenvalue weighted by Gasteiger charge is 2.29. The summed E-state index contributed by atoms with van der Waals surface area (Å²) in [6.45, 7) is 2.11. The van der Waals surface area contributed by atoms with Crippen molar-refractivity contribution in [1.29, 1.82) is 0 Å². The molecule has 8 heteroatoms. The number of rotatable bonds is 5. The van der Waals surface area contributed by atoms with E-state index in [-0.39, 0.29) is 11.0 Å². The SMILES string of the molecule is FC(F)(F)Cc1cc2c(N3CCC(OCc4ccccc4)CC3)ncnc2s1. The Labute approximate surface area is 165 Å². The molecule has 3 heterocycles. The maximum Gasteiger partial charge on any atom is 0.393 e. The van der Waals surface area contributed by atoms with E-state index in [0.717, 1.165) is 48.6 Å². The first kappa shape index (κ1) is 19.1. The summed E-state index contributed by atoms with van der Waals surface area (Å²) in [5, 5.41) is 0.704. The van der Waals surface area contributed by atoms with E-state index >= 15 is 0 Å². The molecule has 0 saturated carbocycles. The van der Waals surface area contributed by atoms with E-state index in [1.54, 1.807) is 6.07 Å². The molecule has 3 aromatic rings. The maximum absolute atomic E-state index is 12.7. The van der Waals surface area contributed by atoms with E-state index in [4.69, 9.17) is 4.74 Å². The zero-order valence-corrected chi connectivity index (χ0v) is 16.0. The summed E-state index contributed by atoms with van der Waals surface area (Å²) in [6, 6.07) is 11.6. The number of thiophene rings is 1. The predicted octanol–water partition coefficient (Wildman–Crippen LogP) is 4.98. The number of hydrogen-bond donors (Lipinski definition) is 0. The van der Waals surface area contributed by atoms with Gasteiger partial charge in [0.2, 0.25) is 0 Å². The molecule has 4 nitrogen and oxygen atoms in total. The third-order valence-electron chi connectivity index (χ3n) is 4.80. The highest BCUT2D eigenvalue weighted by molar-refractivity contribution is 7.18. The van der Waals surface area contributed by atoms with Crippen LogP contribution < -0.4 is 4.90 Å². The Kier molecular flexibility index (Phi) is 5.50. The average Bonchev–Trinajstić information content (AvgIpc) is 3.08. The Morgan fingerprint density at radius 1 is 1.11 bits per heavy atom. The standard InChI is InChI=1S/C20H20F3N3OS/c21-20(22,23)11-16-10-17-18(24-13-25-19(17)28-16)26-8-6-15(7-9-26)27-12-14-4-2-1-3-5-14/h1-5,10,13,15H,6-9,11-12H2. The first-order valence-electron chi connectivity index (χ1n) is 9.18. The monoisotopic (exact) mass is 407 g/mol. The average molecular weight is 407 g/mol. The quantitative estimate of drug-likeness (QED) is 0.598. The number of ether oxygens (including phenoxy) is 1. The van der Waals surface area contributed by atoms with Crippen LogP contribution in [0.15, 0.2) is 42.7 Å². The second-order valence-corrected chi connectivity index (χ2v) is 8.02. The summed E-state index contributed by atoms with van der Waals surface area (Å²) in [5.41, 5.74) is 1.15. The van der Waals surface area contributed by atoms with E-state index in [2.05, 4.69) is 14.9 Å². The second-order valence-electron chi connectivity index (χ2n) is 6.90. The molecule has 1 aromatic carbocycles. The molecule has 0 amide bonds. The number of piperidine rings is 1. The van der Waals surface area contributed by atoms with Gasteiger partial charge in [-0.05, 0) is 24.5 Å². The van der Waals surface area contributed by atoms with Crippen LogP contribution in [0.3, 0.4) is 0 Å². The fourth-order valence-corrected chi connectivity index (χ4v) is 4.47. The number of nitrogens with zero attached hydrogens (tertiary/aromatic N) is 3. The van der Waals surface area contributed by atoms with E-state index in [9.17, 15) is 13.2 Å². The Balaban J connectivity index is 1.41. The lowest BCUT2D eigenvalue weighted by molar-refractivity contribution is -0.126. The molecule has 148 valence electrons. The molecule has 0 bridgehead atoms. The molecule has 1 saturated heterocycles. The summed E-state index contributed by atoms with van der Waals surface area (Å²) in [6.07, 6.45) is -1.82. The smallest absolute Gasteiger partial charge is 0.373 e. The van der Waals surface area contributed by atoms with Crippen LogP contribution in [0, 0.1) is 0 Å². The Morgan fingerprint density at radius 3 is 2.57 bits per heavy atom. The lowest BCUT2D eigenvalue weighted by Crippen LogP contribution is -2.37. The number of alkyl halides is 3. The number of hydrogen-bond acceptors (Lipinski definition) is 5. The van der Waals surface area contributed by atoms with Crippen LogP contribution >= 0.6 is 11.3 Å². The van der Waals surface area contributed by atoms with Gasteiger partial charge < -0.3 is 9.64 Å². The van der Waals surface area contributed by atoms with Gasteiger partial charge in [-0.2, -0.15) is 13.2 Å². The van der Waals surface area contributed by atoms with Crippen molar-refractivity contribution in [2.24, 2.45) is 0 Å². The van der Waals surface area contributed by atoms with Crippen molar-refractivity contribution in [2.75, 3.05) is 18.0 Å². The molecule has 0 atom stereocenters. The molecule has 4 rings (SSSR count). The van der Waals surface area contributed by atoms with Gasteiger partial charge in [-0.1, -0.05) is 30.3 Å². The molecule has 1 aliphatic heterocycles. The Hall–Kier alpha value is -2.19. The minimum absolute atomic E-state index is 0.178. The molecular weight excluding hydrogens is 387 g/mol. The van der Waals surface area contributed by atoms with Crippen LogP contribution in [0.4, 0.5) is 19.0 Å². The van der Waals surface area contributed by atoms with Gasteiger partial charge in [0.1, 0.15) is 17.0 Å². The van der Waals surface area contributed by atoms with Gasteiger partial charge in [0, 0.05) is 18.0 Å². The van der Waals surface area contributed by atoms with Gasteiger partial charge in [-0.3, -0.25) is 0 Å². The van der Waals surface area contributed by atoms with Crippen molar-refractivity contribution >= 4 is 27.4 Å². The van der Waals surface area contributed by atoms with Gasteiger partial charge in [-0.25, -0.2) is 9.97 Å². The molecule has 1 aliphatic rings. The van der Waals surface area contributed by atoms with Crippen molar-refractivity contribution in [1.82, 2.24) is 9.97 Å². The van der Waals surface area contributed by atoms with Gasteiger partial charge in [0.25, 0.3) is 0 Å². The first-order valence-corrected chi connectivity index (χ1v) is 10.0. The largest absolute Gasteiger partial charge is 0.393 e. The van der Waals surface area contributed by atoms with Crippen molar-refractivity contribution in [3.05, 3.63) is 53.2 Å². The number of anilines is 1. The summed E-state index contributed by atoms with van der Waals surface area (Å²) >= 11 is 1.09. The van der Waals surface area contributed by atoms with Crippen LogP contribution in [-0.4, -0.2) is 35.3 Å². The molecule has 1 fully saturated rings. The van der Waals surface area contributed by atoms with Crippen LogP contribution in [0.5, 0.6) is 0 Å². The summed E-state index contributed by atoms with van der Waals surface area (Å²) < 4.78 is 44.1. The van der Waals surface area contributed by atoms with Crippen molar-refractivity contribution in [3.8, 4) is 0 Å². The van der Waals surface area contributed by atoms with E-state index < -0.39 is 12.6 Å². The van der Waals surface area contributed by atoms with Crippen molar-refractivity contribution < 1.29 is 17.9 Å². The van der Waals surface area contributed by atoms with Crippen LogP contribution in [0.2, 0.25) is 0 Å². The van der Waals surface area contributed by atoms with Crippen molar-refractivity contribution in [2.45, 2.75) is 38.1 Å². The minimum atomic E-state index is -4.22. The van der Waals surface area contributed by atoms with Crippen LogP contribution in [0.25, 0.3) is 10.2 Å². The predicted molar refractivity (Wildman–Crippen MR) is 104 cm³/mol. The molecule has 0 aliphatic carbocycles. The molecule has 0 radical (unpaired) electrons. The van der Waals surface area contributed by atoms with E-state index in [1.165, 1.54) is 6.33 Å². The fourth-order valence-electron chi connectivity index (χ4n) is 3.45. The van der Waals surface area contributed by atoms with Gasteiger partial charge in [0.05, 0.1) is 24.5 Å². The van der Waals surface area contributed by atoms with Gasteiger partial charge in [0.15, 0.2) is 0 Å². The molecule has 0 N–H and O–H groups in total. The Bertz CT molecular complexity index is 921. The Morgan fingerprint density at radius 2 is 1.86 bits per heavy atom. The summed E-state index contributed by atoms with van der Waals surface area (Å²) in [5.74, 6) is 0.719. The lowest BCUT2D eigenvalue weighted by Gasteiger charge is -2.33. The van der Waals surface area contributed by atoms with E-state index in [1.807, 2.05) is 30.3 Å². The van der Waals surface area contributed by atoms with E-state index in [0.29, 0.717) is 16.8 Å². The lowest BCUT2D eigenvalue weighted by atomic mass is 10.1. The van der Waals surface area contributed by atoms with Gasteiger partial charge in [-0.15, -0.1) is 11.3 Å². The van der Waals surface area contributed by atoms with Crippen LogP contribution in [0.1, 0.15) is 23.3 Å². The highest BCUT2D eigenvalue weighted by atomic mass is 32.1. The third kappa shape index (κ3) is 4.62. The third-order valence-corrected chi connectivity index (χ3v) is 5.85. The molecule has 0 spiro atoms. The maximum atomic E-state index is 12.7. The molecular formula is C20H20F3N3OS. The summed E-state index contributed by atoms with van der Waals surface area (Å²) in [4.78, 5) is 11.5. The topological polar surface area (TPSA) is 38.2 Å². The second kappa shape index (κ2) is 8.05. The number of fused-ring (bicyclic) bond motifs is 1. The zero-order chi connectivity index (χ0) is 19.6. The molecule has 28 heavy (non-hydrogen) atoms. The number of aromatic nitrogens is 2. The highest BCUT2D eigenvalue weighted by Crippen LogP contribution is 2.34. The normalized spacial score (nSPS) is 16.0. The van der Waals surface area contributed by atoms with Crippen molar-refractivity contribution in [3.63, 3.8) is 0 Å². The number of benzene rings is 1. The fraction of sp³-hybridized carbons (Fsp3) is 0.400. The first-order chi connectivity index (χ1) is 13.5. The zero-order valence-electron chi connectivity index (χ0n) is 15.2.